The van der Waals surface area contributed by atoms with Gasteiger partial charge in [-0.15, -0.1) is 0 Å². The minimum Gasteiger partial charge on any atom is -0.472 e. The molecule has 3 rings (SSSR count). The average Bonchev–Trinajstić information content (AvgIpc) is 3.00. The Kier molecular flexibility index (Phi) is 4.52. The van der Waals surface area contributed by atoms with Crippen molar-refractivity contribution >= 4 is 23.2 Å². The Morgan fingerprint density at radius 2 is 1.88 bits per heavy atom. The smallest absolute Gasteiger partial charge is 0.418 e. The Morgan fingerprint density at radius 1 is 1.12 bits per heavy atom. The maximum absolute atomic E-state index is 13.3. The van der Waals surface area contributed by atoms with E-state index in [1.54, 1.807) is 0 Å². The van der Waals surface area contributed by atoms with Crippen molar-refractivity contribution in [2.45, 2.75) is 25.4 Å². The molecule has 0 atom stereocenters. The van der Waals surface area contributed by atoms with Crippen molar-refractivity contribution in [2.75, 3.05) is 10.6 Å². The normalized spacial score (nSPS) is 14.7. The van der Waals surface area contributed by atoms with Gasteiger partial charge >= 0.3 is 6.18 Å². The Morgan fingerprint density at radius 3 is 2.44 bits per heavy atom. The van der Waals surface area contributed by atoms with Crippen molar-refractivity contribution in [1.29, 1.82) is 0 Å². The van der Waals surface area contributed by atoms with E-state index in [4.69, 9.17) is 4.42 Å². The summed E-state index contributed by atoms with van der Waals surface area (Å²) in [5.41, 5.74) is -1.16. The standard InChI is InChI=1S/C17H15F3N2O3/c18-17(19,20)13-8-12(21-16(24)11-6-7-25-9-11)4-5-14(13)22-15(23)10-2-1-3-10/h4-10H,1-3H2,(H,21,24)(H,22,23). The van der Waals surface area contributed by atoms with Crippen LogP contribution in [0, 0.1) is 5.92 Å². The Hall–Kier alpha value is -2.77. The lowest BCUT2D eigenvalue weighted by molar-refractivity contribution is -0.137. The summed E-state index contributed by atoms with van der Waals surface area (Å²) in [7, 11) is 0. The highest BCUT2D eigenvalue weighted by molar-refractivity contribution is 6.04. The number of anilines is 2. The number of hydrogen-bond donors (Lipinski definition) is 2. The molecule has 8 heteroatoms. The molecule has 1 heterocycles. The summed E-state index contributed by atoms with van der Waals surface area (Å²) in [4.78, 5) is 23.8. The van der Waals surface area contributed by atoms with Crippen molar-refractivity contribution in [3.63, 3.8) is 0 Å². The minimum absolute atomic E-state index is 0.0276. The van der Waals surface area contributed by atoms with Gasteiger partial charge in [-0.2, -0.15) is 13.2 Å². The molecule has 0 unspecified atom stereocenters. The van der Waals surface area contributed by atoms with E-state index in [-0.39, 0.29) is 22.9 Å². The lowest BCUT2D eigenvalue weighted by Crippen LogP contribution is -2.29. The number of amides is 2. The number of alkyl halides is 3. The van der Waals surface area contributed by atoms with Gasteiger partial charge in [0, 0.05) is 11.6 Å². The molecule has 2 aromatic rings. The molecule has 5 nitrogen and oxygen atoms in total. The number of nitrogens with one attached hydrogen (secondary N) is 2. The average molecular weight is 352 g/mol. The summed E-state index contributed by atoms with van der Waals surface area (Å²) < 4.78 is 44.7. The molecule has 0 radical (unpaired) electrons. The number of furan rings is 1. The van der Waals surface area contributed by atoms with Crippen molar-refractivity contribution in [3.8, 4) is 0 Å². The van der Waals surface area contributed by atoms with Gasteiger partial charge in [-0.05, 0) is 37.1 Å². The zero-order valence-electron chi connectivity index (χ0n) is 13.0. The van der Waals surface area contributed by atoms with E-state index < -0.39 is 23.6 Å². The summed E-state index contributed by atoms with van der Waals surface area (Å²) in [6.45, 7) is 0. The van der Waals surface area contributed by atoms with Gasteiger partial charge in [-0.25, -0.2) is 0 Å². The second-order valence-corrected chi connectivity index (χ2v) is 5.84. The first-order valence-corrected chi connectivity index (χ1v) is 7.70. The van der Waals surface area contributed by atoms with E-state index in [0.29, 0.717) is 12.8 Å². The van der Waals surface area contributed by atoms with Crippen molar-refractivity contribution in [2.24, 2.45) is 5.92 Å². The monoisotopic (exact) mass is 352 g/mol. The predicted molar refractivity (Wildman–Crippen MR) is 84.1 cm³/mol. The van der Waals surface area contributed by atoms with Crippen LogP contribution in [0.4, 0.5) is 24.5 Å². The molecular formula is C17H15F3N2O3. The predicted octanol–water partition coefficient (Wildman–Crippen LogP) is 4.29. The summed E-state index contributed by atoms with van der Waals surface area (Å²) in [6, 6.07) is 4.65. The molecule has 1 saturated carbocycles. The molecule has 2 N–H and O–H groups in total. The fraction of sp³-hybridized carbons (Fsp3) is 0.294. The van der Waals surface area contributed by atoms with Crippen LogP contribution in [0.15, 0.2) is 41.2 Å². The third-order valence-corrected chi connectivity index (χ3v) is 4.10. The SMILES string of the molecule is O=C(Nc1ccc(NC(=O)C2CCC2)c(C(F)(F)F)c1)c1ccoc1. The van der Waals surface area contributed by atoms with Gasteiger partial charge in [0.05, 0.1) is 23.1 Å². The molecule has 0 bridgehead atoms. The van der Waals surface area contributed by atoms with Gasteiger partial charge in [0.15, 0.2) is 0 Å². The fourth-order valence-corrected chi connectivity index (χ4v) is 2.47. The summed E-state index contributed by atoms with van der Waals surface area (Å²) >= 11 is 0. The van der Waals surface area contributed by atoms with Crippen LogP contribution in [-0.2, 0) is 11.0 Å². The van der Waals surface area contributed by atoms with E-state index in [2.05, 4.69) is 10.6 Å². The molecule has 132 valence electrons. The van der Waals surface area contributed by atoms with E-state index in [0.717, 1.165) is 18.6 Å². The lowest BCUT2D eigenvalue weighted by atomic mass is 9.85. The van der Waals surface area contributed by atoms with Crippen molar-refractivity contribution in [3.05, 3.63) is 47.9 Å². The molecule has 1 aromatic carbocycles. The number of carbonyl (C=O) groups is 2. The number of carbonyl (C=O) groups excluding carboxylic acids is 2. The largest absolute Gasteiger partial charge is 0.472 e. The zero-order chi connectivity index (χ0) is 18.0. The van der Waals surface area contributed by atoms with Gasteiger partial charge in [-0.1, -0.05) is 6.42 Å². The van der Waals surface area contributed by atoms with Gasteiger partial charge in [0.2, 0.25) is 5.91 Å². The van der Waals surface area contributed by atoms with Crippen LogP contribution < -0.4 is 10.6 Å². The molecule has 0 spiro atoms. The second-order valence-electron chi connectivity index (χ2n) is 5.84. The lowest BCUT2D eigenvalue weighted by Gasteiger charge is -2.25. The molecule has 1 fully saturated rings. The van der Waals surface area contributed by atoms with Crippen molar-refractivity contribution in [1.82, 2.24) is 0 Å². The zero-order valence-corrected chi connectivity index (χ0v) is 13.0. The second kappa shape index (κ2) is 6.62. The van der Waals surface area contributed by atoms with Gasteiger partial charge < -0.3 is 15.1 Å². The Balaban J connectivity index is 1.82. The molecule has 1 aromatic heterocycles. The van der Waals surface area contributed by atoms with Gasteiger partial charge in [0.1, 0.15) is 6.26 Å². The van der Waals surface area contributed by atoms with Crippen LogP contribution in [0.5, 0.6) is 0 Å². The first kappa shape index (κ1) is 17.1. The molecule has 2 amide bonds. The highest BCUT2D eigenvalue weighted by Crippen LogP contribution is 2.37. The third-order valence-electron chi connectivity index (χ3n) is 4.10. The van der Waals surface area contributed by atoms with Crippen molar-refractivity contribution < 1.29 is 27.2 Å². The van der Waals surface area contributed by atoms with E-state index >= 15 is 0 Å². The Labute approximate surface area is 141 Å². The molecule has 1 aliphatic carbocycles. The maximum Gasteiger partial charge on any atom is 0.418 e. The number of rotatable bonds is 4. The molecule has 25 heavy (non-hydrogen) atoms. The van der Waals surface area contributed by atoms with Gasteiger partial charge in [0.25, 0.3) is 5.91 Å². The number of benzene rings is 1. The first-order valence-electron chi connectivity index (χ1n) is 7.70. The summed E-state index contributed by atoms with van der Waals surface area (Å²) in [5, 5.41) is 4.71. The molecular weight excluding hydrogens is 337 g/mol. The van der Waals surface area contributed by atoms with Crippen LogP contribution >= 0.6 is 0 Å². The number of hydrogen-bond acceptors (Lipinski definition) is 3. The molecule has 0 aliphatic heterocycles. The maximum atomic E-state index is 13.3. The van der Waals surface area contributed by atoms with Crippen LogP contribution in [0.2, 0.25) is 0 Å². The highest BCUT2D eigenvalue weighted by Gasteiger charge is 2.35. The molecule has 0 saturated heterocycles. The third kappa shape index (κ3) is 3.84. The quantitative estimate of drug-likeness (QED) is 0.862. The van der Waals surface area contributed by atoms with Crippen LogP contribution in [0.25, 0.3) is 0 Å². The number of halogens is 3. The highest BCUT2D eigenvalue weighted by atomic mass is 19.4. The van der Waals surface area contributed by atoms with Crippen LogP contribution in [-0.4, -0.2) is 11.8 Å². The minimum atomic E-state index is -4.67. The van der Waals surface area contributed by atoms with Crippen LogP contribution in [0.3, 0.4) is 0 Å². The van der Waals surface area contributed by atoms with E-state index in [9.17, 15) is 22.8 Å². The Bertz CT molecular complexity index is 781. The summed E-state index contributed by atoms with van der Waals surface area (Å²) in [6.07, 6.45) is 0.0855. The van der Waals surface area contributed by atoms with Gasteiger partial charge in [-0.3, -0.25) is 9.59 Å². The van der Waals surface area contributed by atoms with E-state index in [1.807, 2.05) is 0 Å². The topological polar surface area (TPSA) is 71.3 Å². The van der Waals surface area contributed by atoms with Crippen LogP contribution in [0.1, 0.15) is 35.2 Å². The summed E-state index contributed by atoms with van der Waals surface area (Å²) in [5.74, 6) is -1.23. The van der Waals surface area contributed by atoms with E-state index in [1.165, 1.54) is 24.7 Å². The fourth-order valence-electron chi connectivity index (χ4n) is 2.47. The molecule has 1 aliphatic rings. The first-order chi connectivity index (χ1) is 11.8.